The van der Waals surface area contributed by atoms with Crippen LogP contribution in [0.4, 0.5) is 5.69 Å². The van der Waals surface area contributed by atoms with Crippen molar-refractivity contribution < 1.29 is 4.79 Å². The minimum absolute atomic E-state index is 0.190. The lowest BCUT2D eigenvalue weighted by Crippen LogP contribution is -2.26. The van der Waals surface area contributed by atoms with E-state index in [-0.39, 0.29) is 5.91 Å². The van der Waals surface area contributed by atoms with Gasteiger partial charge in [0, 0.05) is 5.69 Å². The Hall–Kier alpha value is -1.66. The summed E-state index contributed by atoms with van der Waals surface area (Å²) < 4.78 is 0.528. The van der Waals surface area contributed by atoms with E-state index >= 15 is 0 Å². The second-order valence-corrected chi connectivity index (χ2v) is 6.90. The normalized spacial score (nSPS) is 22.9. The van der Waals surface area contributed by atoms with Gasteiger partial charge < -0.3 is 5.32 Å². The van der Waals surface area contributed by atoms with Gasteiger partial charge in [-0.3, -0.25) is 4.79 Å². The smallest absolute Gasteiger partial charge is 0.233 e. The summed E-state index contributed by atoms with van der Waals surface area (Å²) in [6.07, 6.45) is 1.93. The van der Waals surface area contributed by atoms with Crippen LogP contribution in [0.15, 0.2) is 24.5 Å². The van der Waals surface area contributed by atoms with E-state index in [0.717, 1.165) is 11.3 Å². The average molecular weight is 326 g/mol. The van der Waals surface area contributed by atoms with E-state index in [2.05, 4.69) is 20.8 Å². The Bertz CT molecular complexity index is 701. The molecule has 3 rings (SSSR count). The predicted octanol–water partition coefficient (Wildman–Crippen LogP) is 2.49. The highest BCUT2D eigenvalue weighted by molar-refractivity contribution is 6.53. The van der Waals surface area contributed by atoms with Crippen molar-refractivity contribution in [2.24, 2.45) is 5.41 Å². The predicted molar refractivity (Wildman–Crippen MR) is 79.7 cm³/mol. The lowest BCUT2D eigenvalue weighted by atomic mass is 10.1. The molecule has 1 aliphatic rings. The molecule has 0 aliphatic heterocycles. The van der Waals surface area contributed by atoms with E-state index in [4.69, 9.17) is 23.2 Å². The van der Waals surface area contributed by atoms with Crippen molar-refractivity contribution in [3.63, 3.8) is 0 Å². The first kappa shape index (κ1) is 14.3. The zero-order valence-corrected chi connectivity index (χ0v) is 13.0. The van der Waals surface area contributed by atoms with Crippen LogP contribution in [0, 0.1) is 12.3 Å². The molecule has 1 fully saturated rings. The van der Waals surface area contributed by atoms with Gasteiger partial charge in [-0.25, -0.2) is 4.68 Å². The first-order valence-corrected chi connectivity index (χ1v) is 7.12. The third kappa shape index (κ3) is 2.38. The number of aryl methyl sites for hydroxylation is 1. The molecule has 1 aromatic heterocycles. The van der Waals surface area contributed by atoms with Crippen LogP contribution in [-0.4, -0.2) is 30.4 Å². The molecule has 1 saturated carbocycles. The summed E-state index contributed by atoms with van der Waals surface area (Å²) >= 11 is 12.1. The van der Waals surface area contributed by atoms with Gasteiger partial charge in [0.25, 0.3) is 0 Å². The Kier molecular flexibility index (Phi) is 3.18. The van der Waals surface area contributed by atoms with E-state index in [1.165, 1.54) is 11.0 Å². The Morgan fingerprint density at radius 1 is 1.43 bits per heavy atom. The van der Waals surface area contributed by atoms with Gasteiger partial charge in [-0.1, -0.05) is 6.07 Å². The molecule has 1 aliphatic carbocycles. The molecule has 110 valence electrons. The zero-order chi connectivity index (χ0) is 15.3. The van der Waals surface area contributed by atoms with Crippen LogP contribution in [-0.2, 0) is 4.79 Å². The minimum Gasteiger partial charge on any atom is -0.325 e. The van der Waals surface area contributed by atoms with Gasteiger partial charge in [0.1, 0.15) is 10.7 Å². The Morgan fingerprint density at radius 2 is 2.14 bits per heavy atom. The molecule has 1 amide bonds. The zero-order valence-electron chi connectivity index (χ0n) is 11.5. The van der Waals surface area contributed by atoms with Gasteiger partial charge in [-0.2, -0.15) is 0 Å². The first-order chi connectivity index (χ1) is 9.83. The number of anilines is 1. The SMILES string of the molecule is Cc1ccc(-n2cnnn2)cc1NC(=O)[C@]1(C)CC1(Cl)Cl. The molecule has 0 radical (unpaired) electrons. The van der Waals surface area contributed by atoms with E-state index in [9.17, 15) is 4.79 Å². The van der Waals surface area contributed by atoms with Crippen LogP contribution in [0.25, 0.3) is 5.69 Å². The van der Waals surface area contributed by atoms with Gasteiger partial charge >= 0.3 is 0 Å². The molecule has 1 aromatic carbocycles. The Morgan fingerprint density at radius 3 is 2.71 bits per heavy atom. The van der Waals surface area contributed by atoms with E-state index < -0.39 is 9.75 Å². The second-order valence-electron chi connectivity index (χ2n) is 5.42. The third-order valence-corrected chi connectivity index (χ3v) is 4.94. The topological polar surface area (TPSA) is 72.7 Å². The number of halogens is 2. The summed E-state index contributed by atoms with van der Waals surface area (Å²) in [6.45, 7) is 3.66. The third-order valence-electron chi connectivity index (χ3n) is 3.84. The number of carbonyl (C=O) groups is 1. The maximum Gasteiger partial charge on any atom is 0.233 e. The van der Waals surface area contributed by atoms with Crippen LogP contribution in [0.2, 0.25) is 0 Å². The highest BCUT2D eigenvalue weighted by atomic mass is 35.5. The fraction of sp³-hybridized carbons (Fsp3) is 0.385. The summed E-state index contributed by atoms with van der Waals surface area (Å²) in [5.74, 6) is -0.190. The molecule has 1 N–H and O–H groups in total. The van der Waals surface area contributed by atoms with E-state index in [0.29, 0.717) is 12.1 Å². The average Bonchev–Trinajstić information content (AvgIpc) is 2.84. The van der Waals surface area contributed by atoms with Crippen LogP contribution in [0.1, 0.15) is 18.9 Å². The Labute approximate surface area is 131 Å². The number of hydrogen-bond acceptors (Lipinski definition) is 4. The van der Waals surface area contributed by atoms with E-state index in [1.54, 1.807) is 13.0 Å². The number of nitrogens with zero attached hydrogens (tertiary/aromatic N) is 4. The summed E-state index contributed by atoms with van der Waals surface area (Å²) in [4.78, 5) is 12.3. The molecule has 1 atom stereocenters. The molecule has 6 nitrogen and oxygen atoms in total. The standard InChI is InChI=1S/C13H13Cl2N5O/c1-8-3-4-9(20-7-16-18-19-20)5-10(8)17-11(21)12(2)6-13(12,14)15/h3-5,7H,6H2,1-2H3,(H,17,21)/t12-/m0/s1. The lowest BCUT2D eigenvalue weighted by Gasteiger charge is -2.15. The maximum absolute atomic E-state index is 12.3. The quantitative estimate of drug-likeness (QED) is 0.880. The largest absolute Gasteiger partial charge is 0.325 e. The van der Waals surface area contributed by atoms with Crippen molar-refractivity contribution in [3.05, 3.63) is 30.1 Å². The number of aromatic nitrogens is 4. The summed E-state index contributed by atoms with van der Waals surface area (Å²) in [6, 6.07) is 5.56. The van der Waals surface area contributed by atoms with Gasteiger partial charge in [0.2, 0.25) is 5.91 Å². The molecule has 0 unspecified atom stereocenters. The molecule has 0 bridgehead atoms. The monoisotopic (exact) mass is 325 g/mol. The minimum atomic E-state index is -0.988. The van der Waals surface area contributed by atoms with Crippen LogP contribution in [0.5, 0.6) is 0 Å². The number of tetrazole rings is 1. The number of alkyl halides is 2. The Balaban J connectivity index is 1.86. The number of hydrogen-bond donors (Lipinski definition) is 1. The van der Waals surface area contributed by atoms with Crippen LogP contribution >= 0.6 is 23.2 Å². The van der Waals surface area contributed by atoms with Gasteiger partial charge in [0.15, 0.2) is 0 Å². The molecule has 1 heterocycles. The van der Waals surface area contributed by atoms with Crippen LogP contribution in [0.3, 0.4) is 0 Å². The molecular weight excluding hydrogens is 313 g/mol. The van der Waals surface area contributed by atoms with E-state index in [1.807, 2.05) is 19.1 Å². The van der Waals surface area contributed by atoms with Crippen molar-refractivity contribution in [3.8, 4) is 5.69 Å². The number of benzene rings is 1. The summed E-state index contributed by atoms with van der Waals surface area (Å²) in [5, 5.41) is 13.9. The first-order valence-electron chi connectivity index (χ1n) is 6.37. The highest BCUT2D eigenvalue weighted by Crippen LogP contribution is 2.64. The number of amides is 1. The molecule has 0 saturated heterocycles. The van der Waals surface area contributed by atoms with Crippen molar-refractivity contribution in [1.29, 1.82) is 0 Å². The number of carbonyl (C=O) groups excluding carboxylic acids is 1. The summed E-state index contributed by atoms with van der Waals surface area (Å²) in [5.41, 5.74) is 1.61. The maximum atomic E-state index is 12.3. The number of nitrogens with one attached hydrogen (secondary N) is 1. The fourth-order valence-corrected chi connectivity index (χ4v) is 2.78. The number of rotatable bonds is 3. The van der Waals surface area contributed by atoms with Gasteiger partial charge in [-0.05, 0) is 48.4 Å². The van der Waals surface area contributed by atoms with Gasteiger partial charge in [-0.15, -0.1) is 28.3 Å². The molecule has 2 aromatic rings. The van der Waals surface area contributed by atoms with Gasteiger partial charge in [0.05, 0.1) is 11.1 Å². The van der Waals surface area contributed by atoms with Crippen molar-refractivity contribution >= 4 is 34.8 Å². The van der Waals surface area contributed by atoms with Crippen molar-refractivity contribution in [2.45, 2.75) is 24.6 Å². The highest BCUT2D eigenvalue weighted by Gasteiger charge is 2.67. The molecule has 0 spiro atoms. The summed E-state index contributed by atoms with van der Waals surface area (Å²) in [7, 11) is 0. The van der Waals surface area contributed by atoms with Crippen molar-refractivity contribution in [1.82, 2.24) is 20.2 Å². The molecular formula is C13H13Cl2N5O. The van der Waals surface area contributed by atoms with Crippen molar-refractivity contribution in [2.75, 3.05) is 5.32 Å². The van der Waals surface area contributed by atoms with Crippen LogP contribution < -0.4 is 5.32 Å². The molecule has 21 heavy (non-hydrogen) atoms. The second kappa shape index (κ2) is 4.68. The lowest BCUT2D eigenvalue weighted by molar-refractivity contribution is -0.120. The molecule has 8 heteroatoms. The fourth-order valence-electron chi connectivity index (χ4n) is 2.07.